The molecule has 2 aromatic carbocycles. The molecule has 1 nitrogen and oxygen atoms in total. The Labute approximate surface area is 161 Å². The van der Waals surface area contributed by atoms with Crippen LogP contribution in [0.2, 0.25) is 0 Å². The molecule has 1 aliphatic rings. The van der Waals surface area contributed by atoms with E-state index in [0.29, 0.717) is 18.9 Å². The van der Waals surface area contributed by atoms with Gasteiger partial charge in [0.2, 0.25) is 0 Å². The Bertz CT molecular complexity index is 805. The number of aryl methyl sites for hydroxylation is 2. The number of rotatable bonds is 6. The second-order valence-electron chi connectivity index (χ2n) is 7.37. The van der Waals surface area contributed by atoms with Gasteiger partial charge in [0.15, 0.2) is 29.1 Å². The highest BCUT2D eigenvalue weighted by Crippen LogP contribution is 2.34. The second kappa shape index (κ2) is 9.03. The van der Waals surface area contributed by atoms with E-state index in [2.05, 4.69) is 6.92 Å². The van der Waals surface area contributed by atoms with Gasteiger partial charge in [-0.2, -0.15) is 0 Å². The van der Waals surface area contributed by atoms with Crippen molar-refractivity contribution in [2.24, 2.45) is 5.92 Å². The first kappa shape index (κ1) is 20.8. The molecule has 3 rings (SSSR count). The highest BCUT2D eigenvalue weighted by molar-refractivity contribution is 5.30. The Morgan fingerprint density at radius 3 is 2.21 bits per heavy atom. The minimum Gasteiger partial charge on any atom is -0.373 e. The van der Waals surface area contributed by atoms with E-state index in [1.54, 1.807) is 0 Å². The van der Waals surface area contributed by atoms with Crippen LogP contribution >= 0.6 is 0 Å². The van der Waals surface area contributed by atoms with Gasteiger partial charge in [0.25, 0.3) is 0 Å². The summed E-state index contributed by atoms with van der Waals surface area (Å²) < 4.78 is 74.4. The Morgan fingerprint density at radius 1 is 0.893 bits per heavy atom. The summed E-state index contributed by atoms with van der Waals surface area (Å²) >= 11 is 0. The minimum absolute atomic E-state index is 0.0393. The third kappa shape index (κ3) is 4.54. The van der Waals surface area contributed by atoms with Crippen LogP contribution in [-0.4, -0.2) is 6.61 Å². The first-order chi connectivity index (χ1) is 13.4. The number of hydrogen-bond donors (Lipinski definition) is 0. The highest BCUT2D eigenvalue weighted by atomic mass is 19.2. The van der Waals surface area contributed by atoms with Gasteiger partial charge in [-0.3, -0.25) is 0 Å². The van der Waals surface area contributed by atoms with Crippen LogP contribution in [0.4, 0.5) is 22.0 Å². The fourth-order valence-corrected chi connectivity index (χ4v) is 3.76. The standard InChI is InChI=1S/C22H23F5O/c1-2-3-13-5-9-19(28-12-13)16-8-7-15(20(25)21(16)26)6-4-14-10-17(23)22(27)18(24)11-14/h7-8,10-11,13,19H,2-6,9,12H2,1H3. The molecular formula is C22H23F5O. The highest BCUT2D eigenvalue weighted by Gasteiger charge is 2.26. The van der Waals surface area contributed by atoms with Gasteiger partial charge < -0.3 is 4.74 Å². The summed E-state index contributed by atoms with van der Waals surface area (Å²) in [6, 6.07) is 4.73. The summed E-state index contributed by atoms with van der Waals surface area (Å²) in [4.78, 5) is 0. The molecule has 1 aliphatic heterocycles. The average Bonchev–Trinajstić information content (AvgIpc) is 2.68. The van der Waals surface area contributed by atoms with Crippen LogP contribution in [0.5, 0.6) is 0 Å². The van der Waals surface area contributed by atoms with Gasteiger partial charge in [-0.15, -0.1) is 0 Å². The molecule has 0 saturated carbocycles. The maximum Gasteiger partial charge on any atom is 0.194 e. The van der Waals surface area contributed by atoms with Gasteiger partial charge in [0, 0.05) is 5.56 Å². The Kier molecular flexibility index (Phi) is 6.70. The van der Waals surface area contributed by atoms with Crippen molar-refractivity contribution in [3.63, 3.8) is 0 Å². The van der Waals surface area contributed by atoms with Gasteiger partial charge in [0.05, 0.1) is 12.7 Å². The zero-order valence-corrected chi connectivity index (χ0v) is 15.7. The monoisotopic (exact) mass is 398 g/mol. The van der Waals surface area contributed by atoms with E-state index >= 15 is 0 Å². The topological polar surface area (TPSA) is 9.23 Å². The van der Waals surface area contributed by atoms with E-state index in [9.17, 15) is 22.0 Å². The average molecular weight is 398 g/mol. The molecule has 1 saturated heterocycles. The fourth-order valence-electron chi connectivity index (χ4n) is 3.76. The van der Waals surface area contributed by atoms with E-state index in [0.717, 1.165) is 31.4 Å². The van der Waals surface area contributed by atoms with Crippen LogP contribution < -0.4 is 0 Å². The number of hydrogen-bond acceptors (Lipinski definition) is 1. The molecule has 28 heavy (non-hydrogen) atoms. The third-order valence-electron chi connectivity index (χ3n) is 5.33. The normalized spacial score (nSPS) is 19.8. The summed E-state index contributed by atoms with van der Waals surface area (Å²) in [7, 11) is 0. The van der Waals surface area contributed by atoms with E-state index in [1.165, 1.54) is 12.1 Å². The van der Waals surface area contributed by atoms with Crippen molar-refractivity contribution in [2.45, 2.75) is 51.6 Å². The minimum atomic E-state index is -1.54. The first-order valence-electron chi connectivity index (χ1n) is 9.62. The zero-order valence-electron chi connectivity index (χ0n) is 15.7. The molecule has 152 valence electrons. The number of ether oxygens (including phenoxy) is 1. The Morgan fingerprint density at radius 2 is 1.61 bits per heavy atom. The summed E-state index contributed by atoms with van der Waals surface area (Å²) in [6.45, 7) is 2.65. The van der Waals surface area contributed by atoms with Gasteiger partial charge in [-0.1, -0.05) is 25.5 Å². The molecule has 1 heterocycles. The Balaban J connectivity index is 1.69. The summed E-state index contributed by atoms with van der Waals surface area (Å²) in [6.07, 6.45) is 3.33. The van der Waals surface area contributed by atoms with Crippen molar-refractivity contribution < 1.29 is 26.7 Å². The zero-order chi connectivity index (χ0) is 20.3. The lowest BCUT2D eigenvalue weighted by molar-refractivity contribution is -0.0214. The lowest BCUT2D eigenvalue weighted by Crippen LogP contribution is -2.21. The molecule has 0 spiro atoms. The SMILES string of the molecule is CCCC1CCC(c2ccc(CCc3cc(F)c(F)c(F)c3)c(F)c2F)OC1. The van der Waals surface area contributed by atoms with Crippen LogP contribution in [-0.2, 0) is 17.6 Å². The maximum atomic E-state index is 14.6. The lowest BCUT2D eigenvalue weighted by atomic mass is 9.91. The van der Waals surface area contributed by atoms with Crippen molar-refractivity contribution in [3.8, 4) is 0 Å². The van der Waals surface area contributed by atoms with Crippen molar-refractivity contribution >= 4 is 0 Å². The smallest absolute Gasteiger partial charge is 0.194 e. The van der Waals surface area contributed by atoms with E-state index < -0.39 is 35.2 Å². The molecule has 0 aromatic heterocycles. The van der Waals surface area contributed by atoms with Crippen LogP contribution in [0.15, 0.2) is 24.3 Å². The molecule has 2 aromatic rings. The molecule has 6 heteroatoms. The predicted octanol–water partition coefficient (Wildman–Crippen LogP) is 6.44. The van der Waals surface area contributed by atoms with Gasteiger partial charge >= 0.3 is 0 Å². The summed E-state index contributed by atoms with van der Waals surface area (Å²) in [5.41, 5.74) is 0.485. The quantitative estimate of drug-likeness (QED) is 0.402. The van der Waals surface area contributed by atoms with Crippen molar-refractivity contribution in [1.82, 2.24) is 0 Å². The maximum absolute atomic E-state index is 14.6. The van der Waals surface area contributed by atoms with Crippen LogP contribution in [0.25, 0.3) is 0 Å². The van der Waals surface area contributed by atoms with Crippen molar-refractivity contribution in [3.05, 3.63) is 70.0 Å². The first-order valence-corrected chi connectivity index (χ1v) is 9.62. The van der Waals surface area contributed by atoms with Crippen LogP contribution in [0.3, 0.4) is 0 Å². The molecule has 1 fully saturated rings. The van der Waals surface area contributed by atoms with Gasteiger partial charge in [-0.05, 0) is 61.3 Å². The van der Waals surface area contributed by atoms with Crippen LogP contribution in [0, 0.1) is 35.0 Å². The molecule has 0 radical (unpaired) electrons. The van der Waals surface area contributed by atoms with E-state index in [1.807, 2.05) is 0 Å². The molecule has 0 amide bonds. The fraction of sp³-hybridized carbons (Fsp3) is 0.455. The molecule has 0 N–H and O–H groups in total. The number of halogens is 5. The third-order valence-corrected chi connectivity index (χ3v) is 5.33. The molecule has 0 aliphatic carbocycles. The molecule has 0 bridgehead atoms. The second-order valence-corrected chi connectivity index (χ2v) is 7.37. The van der Waals surface area contributed by atoms with Crippen molar-refractivity contribution in [1.29, 1.82) is 0 Å². The summed E-state index contributed by atoms with van der Waals surface area (Å²) in [5, 5.41) is 0. The van der Waals surface area contributed by atoms with E-state index in [-0.39, 0.29) is 29.5 Å². The van der Waals surface area contributed by atoms with E-state index in [4.69, 9.17) is 4.74 Å². The molecule has 2 atom stereocenters. The number of benzene rings is 2. The van der Waals surface area contributed by atoms with Gasteiger partial charge in [-0.25, -0.2) is 22.0 Å². The molecular weight excluding hydrogens is 375 g/mol. The Hall–Kier alpha value is -1.95. The molecule has 2 unspecified atom stereocenters. The van der Waals surface area contributed by atoms with Gasteiger partial charge in [0.1, 0.15) is 0 Å². The summed E-state index contributed by atoms with van der Waals surface area (Å²) in [5.74, 6) is -5.59. The largest absolute Gasteiger partial charge is 0.373 e. The predicted molar refractivity (Wildman–Crippen MR) is 96.4 cm³/mol. The van der Waals surface area contributed by atoms with Crippen molar-refractivity contribution in [2.75, 3.05) is 6.61 Å². The lowest BCUT2D eigenvalue weighted by Gasteiger charge is -2.29. The van der Waals surface area contributed by atoms with Crippen LogP contribution in [0.1, 0.15) is 55.4 Å².